The maximum Gasteiger partial charge on any atom is 0.283 e. The summed E-state index contributed by atoms with van der Waals surface area (Å²) < 4.78 is 10.2. The third kappa shape index (κ3) is 2.49. The van der Waals surface area contributed by atoms with E-state index in [4.69, 9.17) is 9.26 Å². The summed E-state index contributed by atoms with van der Waals surface area (Å²) in [5.41, 5.74) is 0.544. The van der Waals surface area contributed by atoms with Crippen LogP contribution in [0.4, 0.5) is 0 Å². The lowest BCUT2D eigenvalue weighted by atomic mass is 10.4. The van der Waals surface area contributed by atoms with Crippen molar-refractivity contribution >= 4 is 17.2 Å². The van der Waals surface area contributed by atoms with Crippen LogP contribution in [-0.4, -0.2) is 52.2 Å². The van der Waals surface area contributed by atoms with E-state index in [1.165, 1.54) is 11.3 Å². The van der Waals surface area contributed by atoms with Crippen LogP contribution in [0.1, 0.15) is 15.6 Å². The van der Waals surface area contributed by atoms with E-state index in [9.17, 15) is 4.79 Å². The molecule has 0 aliphatic carbocycles. The van der Waals surface area contributed by atoms with Crippen LogP contribution in [0.3, 0.4) is 0 Å². The fourth-order valence-corrected chi connectivity index (χ4v) is 2.53. The van der Waals surface area contributed by atoms with E-state index >= 15 is 0 Å². The van der Waals surface area contributed by atoms with Crippen molar-refractivity contribution in [1.29, 1.82) is 0 Å². The van der Waals surface area contributed by atoms with Crippen molar-refractivity contribution in [2.75, 3.05) is 26.3 Å². The Kier molecular flexibility index (Phi) is 3.26. The van der Waals surface area contributed by atoms with Crippen LogP contribution in [0, 0.1) is 6.92 Å². The zero-order valence-electron chi connectivity index (χ0n) is 10.3. The molecule has 1 fully saturated rings. The number of thiazole rings is 1. The number of ether oxygens (including phenoxy) is 1. The Hall–Kier alpha value is -1.80. The number of morpholine rings is 1. The Morgan fingerprint density at radius 2 is 2.16 bits per heavy atom. The number of amides is 1. The van der Waals surface area contributed by atoms with Crippen LogP contribution < -0.4 is 0 Å². The van der Waals surface area contributed by atoms with Gasteiger partial charge in [0.2, 0.25) is 0 Å². The molecule has 0 aromatic carbocycles. The number of hydrogen-bond acceptors (Lipinski definition) is 7. The molecule has 0 unspecified atom stereocenters. The first-order valence-electron chi connectivity index (χ1n) is 5.87. The average Bonchev–Trinajstić information content (AvgIpc) is 3.07. The minimum Gasteiger partial charge on any atom is -0.378 e. The first kappa shape index (κ1) is 12.2. The van der Waals surface area contributed by atoms with Gasteiger partial charge in [-0.1, -0.05) is 5.16 Å². The number of nitrogens with zero attached hydrogens (tertiary/aromatic N) is 4. The van der Waals surface area contributed by atoms with Crippen LogP contribution in [0.2, 0.25) is 0 Å². The summed E-state index contributed by atoms with van der Waals surface area (Å²) in [6.45, 7) is 4.10. The summed E-state index contributed by atoms with van der Waals surface area (Å²) in [7, 11) is 0. The van der Waals surface area contributed by atoms with Crippen molar-refractivity contribution in [2.45, 2.75) is 6.92 Å². The molecule has 0 spiro atoms. The van der Waals surface area contributed by atoms with Gasteiger partial charge < -0.3 is 14.2 Å². The molecule has 1 amide bonds. The summed E-state index contributed by atoms with van der Waals surface area (Å²) in [6, 6.07) is 0. The number of carbonyl (C=O) groups excluding carboxylic acids is 1. The number of rotatable bonds is 2. The highest BCUT2D eigenvalue weighted by molar-refractivity contribution is 7.12. The summed E-state index contributed by atoms with van der Waals surface area (Å²) in [6.07, 6.45) is 0. The monoisotopic (exact) mass is 280 g/mol. The average molecular weight is 280 g/mol. The molecule has 7 nitrogen and oxygen atoms in total. The third-order valence-electron chi connectivity index (χ3n) is 2.73. The minimum absolute atomic E-state index is 0.0733. The summed E-state index contributed by atoms with van der Waals surface area (Å²) in [5.74, 6) is 0.814. The Bertz CT molecular complexity index is 588. The third-order valence-corrected chi connectivity index (χ3v) is 3.56. The zero-order chi connectivity index (χ0) is 13.2. The molecule has 1 aliphatic rings. The van der Waals surface area contributed by atoms with E-state index in [2.05, 4.69) is 15.1 Å². The topological polar surface area (TPSA) is 81.4 Å². The number of carbonyl (C=O) groups is 1. The molecule has 19 heavy (non-hydrogen) atoms. The maximum atomic E-state index is 12.2. The highest BCUT2D eigenvalue weighted by Crippen LogP contribution is 2.21. The summed E-state index contributed by atoms with van der Waals surface area (Å²) >= 11 is 1.28. The molecule has 1 saturated heterocycles. The van der Waals surface area contributed by atoms with E-state index in [0.29, 0.717) is 48.7 Å². The second kappa shape index (κ2) is 5.06. The predicted molar refractivity (Wildman–Crippen MR) is 66.9 cm³/mol. The largest absolute Gasteiger partial charge is 0.378 e. The number of hydrogen-bond donors (Lipinski definition) is 0. The highest BCUT2D eigenvalue weighted by Gasteiger charge is 2.22. The van der Waals surface area contributed by atoms with Crippen LogP contribution in [-0.2, 0) is 4.74 Å². The van der Waals surface area contributed by atoms with Crippen LogP contribution in [0.25, 0.3) is 11.6 Å². The van der Waals surface area contributed by atoms with Gasteiger partial charge >= 0.3 is 0 Å². The van der Waals surface area contributed by atoms with Crippen molar-refractivity contribution < 1.29 is 14.1 Å². The maximum absolute atomic E-state index is 12.2. The van der Waals surface area contributed by atoms with Gasteiger partial charge in [0, 0.05) is 18.5 Å². The smallest absolute Gasteiger partial charge is 0.283 e. The van der Waals surface area contributed by atoms with Crippen LogP contribution in [0.15, 0.2) is 9.90 Å². The normalized spacial score (nSPS) is 15.7. The minimum atomic E-state index is -0.0733. The SMILES string of the molecule is Cc1noc(-c2csc(C(=O)N3CCOCC3)n2)n1. The van der Waals surface area contributed by atoms with Gasteiger partial charge in [-0.15, -0.1) is 11.3 Å². The van der Waals surface area contributed by atoms with Gasteiger partial charge in [0.25, 0.3) is 11.8 Å². The molecule has 0 bridgehead atoms. The quantitative estimate of drug-likeness (QED) is 0.815. The molecule has 0 N–H and O–H groups in total. The first-order valence-corrected chi connectivity index (χ1v) is 6.75. The highest BCUT2D eigenvalue weighted by atomic mass is 32.1. The van der Waals surface area contributed by atoms with Gasteiger partial charge in [0.1, 0.15) is 5.69 Å². The number of aromatic nitrogens is 3. The van der Waals surface area contributed by atoms with Crippen LogP contribution in [0.5, 0.6) is 0 Å². The lowest BCUT2D eigenvalue weighted by Crippen LogP contribution is -2.40. The molecular weight excluding hydrogens is 268 g/mol. The van der Waals surface area contributed by atoms with Gasteiger partial charge in [-0.3, -0.25) is 4.79 Å². The van der Waals surface area contributed by atoms with Crippen molar-refractivity contribution in [2.24, 2.45) is 0 Å². The summed E-state index contributed by atoms with van der Waals surface area (Å²) in [5, 5.41) is 5.89. The second-order valence-electron chi connectivity index (χ2n) is 4.09. The van der Waals surface area contributed by atoms with Gasteiger partial charge in [-0.25, -0.2) is 4.98 Å². The molecule has 3 heterocycles. The standard InChI is InChI=1S/C11H12N4O3S/c1-7-12-9(18-14-7)8-6-19-10(13-8)11(16)15-2-4-17-5-3-15/h6H,2-5H2,1H3. The Labute approximate surface area is 113 Å². The summed E-state index contributed by atoms with van der Waals surface area (Å²) in [4.78, 5) is 22.3. The van der Waals surface area contributed by atoms with Crippen molar-refractivity contribution in [3.8, 4) is 11.6 Å². The molecule has 100 valence electrons. The fourth-order valence-electron chi connectivity index (χ4n) is 1.77. The predicted octanol–water partition coefficient (Wildman–Crippen LogP) is 0.974. The van der Waals surface area contributed by atoms with Gasteiger partial charge in [0.15, 0.2) is 10.8 Å². The van der Waals surface area contributed by atoms with E-state index in [1.807, 2.05) is 0 Å². The molecule has 2 aromatic rings. The molecule has 8 heteroatoms. The van der Waals surface area contributed by atoms with E-state index in [-0.39, 0.29) is 5.91 Å². The molecule has 1 aliphatic heterocycles. The van der Waals surface area contributed by atoms with Gasteiger partial charge in [0.05, 0.1) is 13.2 Å². The Morgan fingerprint density at radius 3 is 2.84 bits per heavy atom. The molecule has 0 atom stereocenters. The molecule has 0 radical (unpaired) electrons. The van der Waals surface area contributed by atoms with E-state index < -0.39 is 0 Å². The molecule has 2 aromatic heterocycles. The first-order chi connectivity index (χ1) is 9.24. The molecular formula is C11H12N4O3S. The van der Waals surface area contributed by atoms with Crippen LogP contribution >= 0.6 is 11.3 Å². The van der Waals surface area contributed by atoms with E-state index in [0.717, 1.165) is 0 Å². The van der Waals surface area contributed by atoms with Crippen molar-refractivity contribution in [1.82, 2.24) is 20.0 Å². The zero-order valence-corrected chi connectivity index (χ0v) is 11.1. The van der Waals surface area contributed by atoms with Crippen molar-refractivity contribution in [3.63, 3.8) is 0 Å². The van der Waals surface area contributed by atoms with Gasteiger partial charge in [-0.2, -0.15) is 4.98 Å². The Morgan fingerprint density at radius 1 is 1.37 bits per heavy atom. The lowest BCUT2D eigenvalue weighted by molar-refractivity contribution is 0.0302. The van der Waals surface area contributed by atoms with Crippen molar-refractivity contribution in [3.05, 3.63) is 16.2 Å². The number of aryl methyl sites for hydroxylation is 1. The fraction of sp³-hybridized carbons (Fsp3) is 0.455. The molecule has 3 rings (SSSR count). The Balaban J connectivity index is 1.79. The lowest BCUT2D eigenvalue weighted by Gasteiger charge is -2.25. The van der Waals surface area contributed by atoms with E-state index in [1.54, 1.807) is 17.2 Å². The second-order valence-corrected chi connectivity index (χ2v) is 4.95. The van der Waals surface area contributed by atoms with Gasteiger partial charge in [-0.05, 0) is 6.92 Å². The molecule has 0 saturated carbocycles.